The summed E-state index contributed by atoms with van der Waals surface area (Å²) in [4.78, 5) is 25.3. The molecule has 7 atom stereocenters. The summed E-state index contributed by atoms with van der Waals surface area (Å²) < 4.78 is 0. The van der Waals surface area contributed by atoms with Crippen LogP contribution in [0.1, 0.15) is 47.0 Å². The Bertz CT molecular complexity index is 699. The Kier molecular flexibility index (Phi) is 6.38. The fraction of sp³-hybridized carbons (Fsp3) is 0.750. The van der Waals surface area contributed by atoms with Gasteiger partial charge in [0.2, 0.25) is 11.8 Å². The molecule has 5 N–H and O–H groups in total. The third kappa shape index (κ3) is 4.22. The van der Waals surface area contributed by atoms with Gasteiger partial charge >= 0.3 is 0 Å². The lowest BCUT2D eigenvalue weighted by Gasteiger charge is -2.42. The van der Waals surface area contributed by atoms with Crippen molar-refractivity contribution < 1.29 is 9.59 Å². The van der Waals surface area contributed by atoms with Crippen LogP contribution in [0.3, 0.4) is 0 Å². The number of hydrazine groups is 1. The van der Waals surface area contributed by atoms with Crippen LogP contribution in [0.15, 0.2) is 11.1 Å². The van der Waals surface area contributed by atoms with Gasteiger partial charge in [-0.3, -0.25) is 15.0 Å². The minimum atomic E-state index is -0.216. The SMILES string of the molecule is CC1=C(CC(=O)N[C@H](C)C2NNC(C#N)CC2C)C(=O)NC2CCNC(C)C12. The molecule has 0 saturated carbocycles. The summed E-state index contributed by atoms with van der Waals surface area (Å²) in [6.07, 6.45) is 1.73. The van der Waals surface area contributed by atoms with Gasteiger partial charge in [0.25, 0.3) is 0 Å². The summed E-state index contributed by atoms with van der Waals surface area (Å²) >= 11 is 0. The molecule has 2 fully saturated rings. The number of fused-ring (bicyclic) bond motifs is 1. The Labute approximate surface area is 166 Å². The van der Waals surface area contributed by atoms with E-state index in [-0.39, 0.29) is 60.3 Å². The van der Waals surface area contributed by atoms with Gasteiger partial charge in [-0.05, 0) is 46.1 Å². The van der Waals surface area contributed by atoms with Crippen molar-refractivity contribution in [1.82, 2.24) is 26.8 Å². The molecule has 0 radical (unpaired) electrons. The molecule has 3 aliphatic rings. The number of carbonyl (C=O) groups is 2. The number of nitrogens with zero attached hydrogens (tertiary/aromatic N) is 1. The zero-order valence-corrected chi connectivity index (χ0v) is 17.1. The number of rotatable bonds is 4. The van der Waals surface area contributed by atoms with Crippen molar-refractivity contribution in [1.29, 1.82) is 5.26 Å². The molecule has 154 valence electrons. The smallest absolute Gasteiger partial charge is 0.247 e. The molecule has 0 spiro atoms. The van der Waals surface area contributed by atoms with Gasteiger partial charge in [-0.25, -0.2) is 5.43 Å². The number of amides is 2. The van der Waals surface area contributed by atoms with Gasteiger partial charge in [0.1, 0.15) is 6.04 Å². The second kappa shape index (κ2) is 8.60. The molecule has 8 heteroatoms. The average Bonchev–Trinajstić information content (AvgIpc) is 2.64. The quantitative estimate of drug-likeness (QED) is 0.466. The third-order valence-corrected chi connectivity index (χ3v) is 6.53. The first-order valence-corrected chi connectivity index (χ1v) is 10.3. The molecule has 2 saturated heterocycles. The minimum absolute atomic E-state index is 0.0238. The van der Waals surface area contributed by atoms with Gasteiger partial charge in [0.05, 0.1) is 12.5 Å². The monoisotopic (exact) mass is 388 g/mol. The normalized spacial score (nSPS) is 36.8. The molecule has 6 unspecified atom stereocenters. The predicted octanol–water partition coefficient (Wildman–Crippen LogP) is 0.0889. The van der Waals surface area contributed by atoms with Gasteiger partial charge in [-0.15, -0.1) is 0 Å². The molecule has 0 aliphatic carbocycles. The summed E-state index contributed by atoms with van der Waals surface area (Å²) in [6, 6.07) is 2.33. The maximum Gasteiger partial charge on any atom is 0.247 e. The summed E-state index contributed by atoms with van der Waals surface area (Å²) in [5.41, 5.74) is 7.76. The molecular weight excluding hydrogens is 356 g/mol. The number of nitrogens with one attached hydrogen (secondary N) is 5. The van der Waals surface area contributed by atoms with E-state index in [2.05, 4.69) is 46.7 Å². The molecule has 0 aromatic carbocycles. The van der Waals surface area contributed by atoms with Crippen LogP contribution < -0.4 is 26.8 Å². The second-order valence-electron chi connectivity index (χ2n) is 8.54. The Hall–Kier alpha value is -1.95. The molecule has 3 aliphatic heterocycles. The number of hydrogen-bond acceptors (Lipinski definition) is 6. The lowest BCUT2D eigenvalue weighted by molar-refractivity contribution is -0.125. The summed E-state index contributed by atoms with van der Waals surface area (Å²) in [7, 11) is 0. The van der Waals surface area contributed by atoms with Crippen molar-refractivity contribution in [2.75, 3.05) is 6.54 Å². The molecule has 8 nitrogen and oxygen atoms in total. The summed E-state index contributed by atoms with van der Waals surface area (Å²) in [5.74, 6) is 0.218. The van der Waals surface area contributed by atoms with Crippen molar-refractivity contribution >= 4 is 11.8 Å². The minimum Gasteiger partial charge on any atom is -0.352 e. The first-order chi connectivity index (χ1) is 13.3. The van der Waals surface area contributed by atoms with Crippen LogP contribution in [0.25, 0.3) is 0 Å². The number of nitriles is 1. The molecule has 0 bridgehead atoms. The average molecular weight is 389 g/mol. The third-order valence-electron chi connectivity index (χ3n) is 6.53. The second-order valence-corrected chi connectivity index (χ2v) is 8.54. The van der Waals surface area contributed by atoms with Gasteiger partial charge in [0.15, 0.2) is 0 Å². The highest BCUT2D eigenvalue weighted by Gasteiger charge is 2.39. The first-order valence-electron chi connectivity index (χ1n) is 10.3. The summed E-state index contributed by atoms with van der Waals surface area (Å²) in [5, 5.41) is 18.6. The lowest BCUT2D eigenvalue weighted by Crippen LogP contribution is -2.62. The number of carbonyl (C=O) groups excluding carboxylic acids is 2. The maximum absolute atomic E-state index is 12.7. The fourth-order valence-electron chi connectivity index (χ4n) is 4.99. The van der Waals surface area contributed by atoms with Crippen molar-refractivity contribution in [3.05, 3.63) is 11.1 Å². The van der Waals surface area contributed by atoms with Gasteiger partial charge < -0.3 is 16.0 Å². The van der Waals surface area contributed by atoms with Crippen molar-refractivity contribution in [3.8, 4) is 6.07 Å². The molecule has 3 heterocycles. The summed E-state index contributed by atoms with van der Waals surface area (Å²) in [6.45, 7) is 9.05. The van der Waals surface area contributed by atoms with E-state index in [0.29, 0.717) is 5.57 Å². The van der Waals surface area contributed by atoms with Crippen LogP contribution in [0.4, 0.5) is 0 Å². The van der Waals surface area contributed by atoms with Crippen molar-refractivity contribution in [2.24, 2.45) is 11.8 Å². The Morgan fingerprint density at radius 1 is 1.36 bits per heavy atom. The highest BCUT2D eigenvalue weighted by atomic mass is 16.2. The topological polar surface area (TPSA) is 118 Å². The predicted molar refractivity (Wildman–Crippen MR) is 106 cm³/mol. The molecule has 3 rings (SSSR count). The van der Waals surface area contributed by atoms with Gasteiger partial charge in [-0.2, -0.15) is 5.26 Å². The zero-order chi connectivity index (χ0) is 20.4. The molecule has 0 aromatic heterocycles. The van der Waals surface area contributed by atoms with E-state index < -0.39 is 0 Å². The van der Waals surface area contributed by atoms with Crippen LogP contribution in [-0.4, -0.2) is 48.6 Å². The molecule has 0 aromatic rings. The lowest BCUT2D eigenvalue weighted by atomic mass is 9.76. The number of piperidine rings is 1. The van der Waals surface area contributed by atoms with Gasteiger partial charge in [-0.1, -0.05) is 12.5 Å². The fourth-order valence-corrected chi connectivity index (χ4v) is 4.99. The Balaban J connectivity index is 1.63. The highest BCUT2D eigenvalue weighted by Crippen LogP contribution is 2.32. The van der Waals surface area contributed by atoms with E-state index in [4.69, 9.17) is 5.26 Å². The molecule has 2 amide bonds. The Morgan fingerprint density at radius 2 is 2.11 bits per heavy atom. The van der Waals surface area contributed by atoms with E-state index in [9.17, 15) is 9.59 Å². The standard InChI is InChI=1S/C20H32N6O2/c1-10-7-14(9-21)25-26-19(10)13(4)23-17(27)8-15-11(2)18-12(3)22-6-5-16(18)24-20(15)28/h10,12-14,16,18-19,22,25-26H,5-8H2,1-4H3,(H,23,27)(H,24,28)/t10?,12?,13-,14?,16?,18?,19?/m1/s1. The highest BCUT2D eigenvalue weighted by molar-refractivity contribution is 6.00. The van der Waals surface area contributed by atoms with E-state index in [0.717, 1.165) is 25.0 Å². The van der Waals surface area contributed by atoms with Crippen LogP contribution in [0.2, 0.25) is 0 Å². The van der Waals surface area contributed by atoms with Crippen LogP contribution in [0, 0.1) is 23.2 Å². The number of hydrogen-bond donors (Lipinski definition) is 5. The molecular formula is C20H32N6O2. The van der Waals surface area contributed by atoms with Gasteiger partial charge in [0, 0.05) is 35.7 Å². The zero-order valence-electron chi connectivity index (χ0n) is 17.1. The van der Waals surface area contributed by atoms with E-state index >= 15 is 0 Å². The van der Waals surface area contributed by atoms with Crippen LogP contribution >= 0.6 is 0 Å². The van der Waals surface area contributed by atoms with Crippen molar-refractivity contribution in [2.45, 2.75) is 77.2 Å². The largest absolute Gasteiger partial charge is 0.352 e. The van der Waals surface area contributed by atoms with Crippen LogP contribution in [0.5, 0.6) is 0 Å². The van der Waals surface area contributed by atoms with Crippen LogP contribution in [-0.2, 0) is 9.59 Å². The van der Waals surface area contributed by atoms with E-state index in [1.165, 1.54) is 0 Å². The first kappa shape index (κ1) is 20.8. The van der Waals surface area contributed by atoms with Crippen molar-refractivity contribution in [3.63, 3.8) is 0 Å². The van der Waals surface area contributed by atoms with E-state index in [1.54, 1.807) is 0 Å². The Morgan fingerprint density at radius 3 is 2.79 bits per heavy atom. The molecule has 28 heavy (non-hydrogen) atoms. The van der Waals surface area contributed by atoms with E-state index in [1.807, 2.05) is 13.8 Å². The maximum atomic E-state index is 12.7.